The SMILES string of the molecule is CCNC(=NCc1ccc(-n2ccnc2C)nc1)NCc1cccc(F)c1. The van der Waals surface area contributed by atoms with E-state index in [9.17, 15) is 4.39 Å². The topological polar surface area (TPSA) is 67.1 Å². The summed E-state index contributed by atoms with van der Waals surface area (Å²) >= 11 is 0. The zero-order valence-corrected chi connectivity index (χ0v) is 15.5. The number of pyridine rings is 1. The number of aliphatic imine (C=N–C) groups is 1. The number of aromatic nitrogens is 3. The van der Waals surface area contributed by atoms with Gasteiger partial charge >= 0.3 is 0 Å². The smallest absolute Gasteiger partial charge is 0.191 e. The average molecular weight is 366 g/mol. The Bertz CT molecular complexity index is 901. The van der Waals surface area contributed by atoms with E-state index in [2.05, 4.69) is 25.6 Å². The molecule has 0 aliphatic heterocycles. The quantitative estimate of drug-likeness (QED) is 0.520. The maximum atomic E-state index is 13.3. The summed E-state index contributed by atoms with van der Waals surface area (Å²) in [6.45, 7) is 5.68. The molecule has 1 aromatic carbocycles. The third-order valence-corrected chi connectivity index (χ3v) is 3.99. The summed E-state index contributed by atoms with van der Waals surface area (Å²) in [6, 6.07) is 10.5. The molecule has 0 fully saturated rings. The predicted molar refractivity (Wildman–Crippen MR) is 104 cm³/mol. The van der Waals surface area contributed by atoms with E-state index < -0.39 is 0 Å². The van der Waals surface area contributed by atoms with E-state index in [0.29, 0.717) is 19.0 Å². The minimum atomic E-state index is -0.240. The Morgan fingerprint density at radius 3 is 2.70 bits per heavy atom. The zero-order chi connectivity index (χ0) is 19.1. The highest BCUT2D eigenvalue weighted by molar-refractivity contribution is 5.79. The molecule has 7 heteroatoms. The highest BCUT2D eigenvalue weighted by Crippen LogP contribution is 2.09. The summed E-state index contributed by atoms with van der Waals surface area (Å²) < 4.78 is 15.2. The van der Waals surface area contributed by atoms with Gasteiger partial charge < -0.3 is 10.6 Å². The van der Waals surface area contributed by atoms with Crippen LogP contribution in [0.3, 0.4) is 0 Å². The van der Waals surface area contributed by atoms with Gasteiger partial charge in [0.15, 0.2) is 5.96 Å². The minimum absolute atomic E-state index is 0.240. The van der Waals surface area contributed by atoms with Crippen LogP contribution in [0.4, 0.5) is 4.39 Å². The number of hydrogen-bond donors (Lipinski definition) is 2. The number of guanidine groups is 1. The van der Waals surface area contributed by atoms with Gasteiger partial charge in [-0.2, -0.15) is 0 Å². The van der Waals surface area contributed by atoms with Crippen molar-refractivity contribution in [2.24, 2.45) is 4.99 Å². The lowest BCUT2D eigenvalue weighted by atomic mass is 10.2. The molecule has 0 bridgehead atoms. The normalized spacial score (nSPS) is 11.4. The molecule has 3 rings (SSSR count). The van der Waals surface area contributed by atoms with Crippen LogP contribution in [0.25, 0.3) is 5.82 Å². The first-order valence-electron chi connectivity index (χ1n) is 8.87. The molecule has 2 N–H and O–H groups in total. The number of hydrogen-bond acceptors (Lipinski definition) is 3. The first-order chi connectivity index (χ1) is 13.2. The van der Waals surface area contributed by atoms with Gasteiger partial charge in [0, 0.05) is 31.7 Å². The molecule has 0 radical (unpaired) electrons. The molecule has 2 aromatic heterocycles. The minimum Gasteiger partial charge on any atom is -0.357 e. The monoisotopic (exact) mass is 366 g/mol. The van der Waals surface area contributed by atoms with Gasteiger partial charge in [-0.15, -0.1) is 0 Å². The van der Waals surface area contributed by atoms with Crippen molar-refractivity contribution in [2.45, 2.75) is 26.9 Å². The van der Waals surface area contributed by atoms with E-state index in [1.165, 1.54) is 12.1 Å². The molecule has 0 aliphatic carbocycles. The maximum Gasteiger partial charge on any atom is 0.191 e. The second-order valence-electron chi connectivity index (χ2n) is 6.05. The Morgan fingerprint density at radius 2 is 2.04 bits per heavy atom. The van der Waals surface area contributed by atoms with E-state index in [1.54, 1.807) is 12.3 Å². The van der Waals surface area contributed by atoms with Crippen molar-refractivity contribution in [2.75, 3.05) is 6.54 Å². The number of rotatable bonds is 6. The molecule has 0 atom stereocenters. The third kappa shape index (κ3) is 5.13. The van der Waals surface area contributed by atoms with Crippen molar-refractivity contribution in [3.8, 4) is 5.82 Å². The molecular formula is C20H23FN6. The zero-order valence-electron chi connectivity index (χ0n) is 15.5. The molecule has 0 saturated carbocycles. The maximum absolute atomic E-state index is 13.3. The highest BCUT2D eigenvalue weighted by atomic mass is 19.1. The number of nitrogens with one attached hydrogen (secondary N) is 2. The van der Waals surface area contributed by atoms with Gasteiger partial charge in [0.05, 0.1) is 6.54 Å². The number of halogens is 1. The lowest BCUT2D eigenvalue weighted by Gasteiger charge is -2.11. The largest absolute Gasteiger partial charge is 0.357 e. The lowest BCUT2D eigenvalue weighted by Crippen LogP contribution is -2.36. The van der Waals surface area contributed by atoms with Gasteiger partial charge in [-0.05, 0) is 43.2 Å². The predicted octanol–water partition coefficient (Wildman–Crippen LogP) is 2.97. The Kier molecular flexibility index (Phi) is 6.14. The molecule has 0 aliphatic rings. The van der Waals surface area contributed by atoms with Crippen molar-refractivity contribution in [1.82, 2.24) is 25.2 Å². The molecule has 2 heterocycles. The molecule has 27 heavy (non-hydrogen) atoms. The molecule has 0 saturated heterocycles. The molecule has 0 spiro atoms. The number of nitrogens with zero attached hydrogens (tertiary/aromatic N) is 4. The van der Waals surface area contributed by atoms with Crippen LogP contribution in [0.15, 0.2) is 60.0 Å². The number of aryl methyl sites for hydroxylation is 1. The van der Waals surface area contributed by atoms with Crippen LogP contribution >= 0.6 is 0 Å². The van der Waals surface area contributed by atoms with E-state index in [0.717, 1.165) is 29.3 Å². The fourth-order valence-electron chi connectivity index (χ4n) is 2.62. The van der Waals surface area contributed by atoms with Gasteiger partial charge in [0.25, 0.3) is 0 Å². The van der Waals surface area contributed by atoms with E-state index >= 15 is 0 Å². The number of imidazole rings is 1. The van der Waals surface area contributed by atoms with Gasteiger partial charge in [-0.1, -0.05) is 18.2 Å². The van der Waals surface area contributed by atoms with Crippen molar-refractivity contribution in [3.05, 3.63) is 77.8 Å². The summed E-state index contributed by atoms with van der Waals surface area (Å²) in [7, 11) is 0. The Balaban J connectivity index is 1.63. The molecule has 0 unspecified atom stereocenters. The second-order valence-corrected chi connectivity index (χ2v) is 6.05. The fraction of sp³-hybridized carbons (Fsp3) is 0.250. The molecule has 140 valence electrons. The van der Waals surface area contributed by atoms with Gasteiger partial charge in [-0.3, -0.25) is 4.57 Å². The van der Waals surface area contributed by atoms with Crippen LogP contribution in [-0.4, -0.2) is 27.0 Å². The Hall–Kier alpha value is -3.22. The second kappa shape index (κ2) is 8.93. The molecule has 3 aromatic rings. The van der Waals surface area contributed by atoms with Crippen LogP contribution in [0.2, 0.25) is 0 Å². The van der Waals surface area contributed by atoms with Gasteiger partial charge in [0.1, 0.15) is 17.5 Å². The van der Waals surface area contributed by atoms with Crippen LogP contribution in [0.5, 0.6) is 0 Å². The summed E-state index contributed by atoms with van der Waals surface area (Å²) in [5.74, 6) is 2.16. The van der Waals surface area contributed by atoms with Gasteiger partial charge in [-0.25, -0.2) is 19.4 Å². The van der Waals surface area contributed by atoms with Gasteiger partial charge in [0.2, 0.25) is 0 Å². The van der Waals surface area contributed by atoms with E-state index in [1.807, 2.05) is 49.0 Å². The van der Waals surface area contributed by atoms with Crippen molar-refractivity contribution < 1.29 is 4.39 Å². The van der Waals surface area contributed by atoms with Crippen LogP contribution < -0.4 is 10.6 Å². The lowest BCUT2D eigenvalue weighted by molar-refractivity contribution is 0.624. The summed E-state index contributed by atoms with van der Waals surface area (Å²) in [6.07, 6.45) is 5.45. The first kappa shape index (κ1) is 18.6. The summed E-state index contributed by atoms with van der Waals surface area (Å²) in [5, 5.41) is 6.41. The Labute approximate surface area is 158 Å². The van der Waals surface area contributed by atoms with E-state index in [-0.39, 0.29) is 5.82 Å². The van der Waals surface area contributed by atoms with Crippen molar-refractivity contribution in [1.29, 1.82) is 0 Å². The Morgan fingerprint density at radius 1 is 1.15 bits per heavy atom. The molecule has 0 amide bonds. The summed E-state index contributed by atoms with van der Waals surface area (Å²) in [5.41, 5.74) is 1.86. The summed E-state index contributed by atoms with van der Waals surface area (Å²) in [4.78, 5) is 13.3. The van der Waals surface area contributed by atoms with Crippen LogP contribution in [0.1, 0.15) is 23.9 Å². The molecule has 6 nitrogen and oxygen atoms in total. The van der Waals surface area contributed by atoms with Crippen LogP contribution in [0, 0.1) is 12.7 Å². The standard InChI is InChI=1S/C20H23FN6/c1-3-22-20(25-12-16-5-4-6-18(21)11-16)26-14-17-7-8-19(24-13-17)27-10-9-23-15(27)2/h4-11,13H,3,12,14H2,1-2H3,(H2,22,25,26). The number of benzene rings is 1. The van der Waals surface area contributed by atoms with Crippen LogP contribution in [-0.2, 0) is 13.1 Å². The fourth-order valence-corrected chi connectivity index (χ4v) is 2.62. The first-order valence-corrected chi connectivity index (χ1v) is 8.87. The van der Waals surface area contributed by atoms with Crippen molar-refractivity contribution in [3.63, 3.8) is 0 Å². The highest BCUT2D eigenvalue weighted by Gasteiger charge is 2.03. The third-order valence-electron chi connectivity index (χ3n) is 3.99. The van der Waals surface area contributed by atoms with E-state index in [4.69, 9.17) is 0 Å². The molecular weight excluding hydrogens is 343 g/mol. The average Bonchev–Trinajstić information content (AvgIpc) is 3.10. The van der Waals surface area contributed by atoms with Crippen molar-refractivity contribution >= 4 is 5.96 Å².